The molecule has 0 aromatic rings. The molecule has 4 N–H and O–H groups in total. The van der Waals surface area contributed by atoms with Gasteiger partial charge in [0, 0.05) is 12.8 Å². The number of unbranched alkanes of at least 4 members (excludes halogenated alkanes) is 23. The van der Waals surface area contributed by atoms with Crippen LogP contribution in [0.5, 0.6) is 0 Å². The van der Waals surface area contributed by atoms with Gasteiger partial charge in [-0.15, -0.1) is 0 Å². The molecule has 12 heteroatoms. The minimum atomic E-state index is -4.71. The first-order chi connectivity index (χ1) is 26.6. The fraction of sp³-hybridized carbons (Fsp3) is 0.837. The van der Waals surface area contributed by atoms with Crippen molar-refractivity contribution in [2.45, 2.75) is 212 Å². The van der Waals surface area contributed by atoms with Gasteiger partial charge in [0.2, 0.25) is 0 Å². The lowest BCUT2D eigenvalue weighted by molar-refractivity contribution is -0.161. The molecule has 0 radical (unpaired) electrons. The summed E-state index contributed by atoms with van der Waals surface area (Å²) in [6.45, 7) is 2.78. The van der Waals surface area contributed by atoms with Crippen molar-refractivity contribution >= 4 is 25.7 Å². The average molecular weight is 802 g/mol. The second kappa shape index (κ2) is 38.8. The van der Waals surface area contributed by atoms with Crippen molar-refractivity contribution in [1.29, 1.82) is 0 Å². The number of ether oxygens (including phenoxy) is 2. The second-order valence-electron chi connectivity index (χ2n) is 14.8. The molecule has 0 aliphatic heterocycles. The van der Waals surface area contributed by atoms with Crippen LogP contribution in [0.4, 0.5) is 0 Å². The zero-order chi connectivity index (χ0) is 40.7. The van der Waals surface area contributed by atoms with Gasteiger partial charge in [0.05, 0.1) is 13.2 Å². The summed E-state index contributed by atoms with van der Waals surface area (Å²) in [6.07, 6.45) is 39.5. The molecule has 55 heavy (non-hydrogen) atoms. The van der Waals surface area contributed by atoms with Crippen LogP contribution in [-0.2, 0) is 37.5 Å². The highest BCUT2D eigenvalue weighted by atomic mass is 31.2. The van der Waals surface area contributed by atoms with E-state index in [4.69, 9.17) is 24.8 Å². The van der Waals surface area contributed by atoms with Gasteiger partial charge < -0.3 is 25.2 Å². The summed E-state index contributed by atoms with van der Waals surface area (Å²) in [5, 5.41) is 8.88. The molecular weight excluding hydrogens is 721 g/mol. The molecule has 0 fully saturated rings. The highest BCUT2D eigenvalue weighted by molar-refractivity contribution is 7.47. The van der Waals surface area contributed by atoms with E-state index in [2.05, 4.69) is 42.7 Å². The zero-order valence-electron chi connectivity index (χ0n) is 34.8. The van der Waals surface area contributed by atoms with Gasteiger partial charge in [-0.1, -0.05) is 147 Å². The summed E-state index contributed by atoms with van der Waals surface area (Å²) in [5.41, 5.74) is 5.33. The first-order valence-corrected chi connectivity index (χ1v) is 23.4. The predicted octanol–water partition coefficient (Wildman–Crippen LogP) is 11.5. The van der Waals surface area contributed by atoms with Gasteiger partial charge in [0.15, 0.2) is 6.10 Å². The van der Waals surface area contributed by atoms with Gasteiger partial charge in [-0.2, -0.15) is 0 Å². The van der Waals surface area contributed by atoms with Gasteiger partial charge >= 0.3 is 25.7 Å². The molecule has 0 amide bonds. The van der Waals surface area contributed by atoms with Crippen LogP contribution >= 0.6 is 7.82 Å². The van der Waals surface area contributed by atoms with E-state index in [1.54, 1.807) is 0 Å². The minimum absolute atomic E-state index is 0.156. The van der Waals surface area contributed by atoms with Crippen LogP contribution in [0.15, 0.2) is 24.3 Å². The number of carboxylic acids is 1. The van der Waals surface area contributed by atoms with E-state index in [1.165, 1.54) is 89.9 Å². The number of esters is 2. The third-order valence-corrected chi connectivity index (χ3v) is 10.4. The first kappa shape index (κ1) is 53.0. The van der Waals surface area contributed by atoms with Crippen LogP contribution in [-0.4, -0.2) is 59.9 Å². The summed E-state index contributed by atoms with van der Waals surface area (Å²) in [7, 11) is -4.71. The van der Waals surface area contributed by atoms with Crippen molar-refractivity contribution in [2.75, 3.05) is 19.8 Å². The molecule has 11 nitrogen and oxygen atoms in total. The number of rotatable bonds is 41. The van der Waals surface area contributed by atoms with Gasteiger partial charge in [-0.3, -0.25) is 23.4 Å². The SMILES string of the molecule is CCCCCCC/C=C\CCCCCCCC(=O)OCC(COP(=O)(O)OCC(N)C(=O)O)OC(=O)CCCCCCCCC/C=C\CCCCCCCC. The van der Waals surface area contributed by atoms with Gasteiger partial charge in [0.25, 0.3) is 0 Å². The quantitative estimate of drug-likeness (QED) is 0.0232. The number of allylic oxidation sites excluding steroid dienone is 4. The van der Waals surface area contributed by atoms with Crippen LogP contribution in [0, 0.1) is 0 Å². The van der Waals surface area contributed by atoms with E-state index in [1.807, 2.05) is 0 Å². The Morgan fingerprint density at radius 1 is 0.545 bits per heavy atom. The monoisotopic (exact) mass is 802 g/mol. The normalized spacial score (nSPS) is 14.0. The minimum Gasteiger partial charge on any atom is -0.480 e. The van der Waals surface area contributed by atoms with Crippen molar-refractivity contribution in [3.8, 4) is 0 Å². The molecule has 0 aliphatic rings. The number of hydrogen-bond donors (Lipinski definition) is 3. The molecule has 3 unspecified atom stereocenters. The Morgan fingerprint density at radius 3 is 1.33 bits per heavy atom. The third-order valence-electron chi connectivity index (χ3n) is 9.42. The van der Waals surface area contributed by atoms with Crippen LogP contribution < -0.4 is 5.73 Å². The number of carboxylic acid groups (broad SMARTS) is 1. The van der Waals surface area contributed by atoms with Crippen molar-refractivity contribution < 1.29 is 47.5 Å². The Labute approximate surface area is 334 Å². The van der Waals surface area contributed by atoms with E-state index in [0.29, 0.717) is 12.8 Å². The highest BCUT2D eigenvalue weighted by Crippen LogP contribution is 2.43. The Kier molecular flexibility index (Phi) is 37.4. The molecule has 0 bridgehead atoms. The molecule has 322 valence electrons. The van der Waals surface area contributed by atoms with E-state index in [0.717, 1.165) is 70.6 Å². The number of carbonyl (C=O) groups is 3. The van der Waals surface area contributed by atoms with E-state index in [9.17, 15) is 23.8 Å². The molecule has 0 heterocycles. The summed E-state index contributed by atoms with van der Waals surface area (Å²) in [6, 6.07) is -1.52. The van der Waals surface area contributed by atoms with Gasteiger partial charge in [-0.25, -0.2) is 4.57 Å². The first-order valence-electron chi connectivity index (χ1n) is 21.9. The molecule has 0 rings (SSSR count). The zero-order valence-corrected chi connectivity index (χ0v) is 35.7. The Balaban J connectivity index is 4.37. The lowest BCUT2D eigenvalue weighted by atomic mass is 10.1. The Hall–Kier alpha value is -2.04. The van der Waals surface area contributed by atoms with Crippen LogP contribution in [0.25, 0.3) is 0 Å². The number of phosphoric acid groups is 1. The largest absolute Gasteiger partial charge is 0.480 e. The lowest BCUT2D eigenvalue weighted by Gasteiger charge is -2.20. The summed E-state index contributed by atoms with van der Waals surface area (Å²) < 4.78 is 32.7. The Morgan fingerprint density at radius 2 is 0.909 bits per heavy atom. The molecular formula is C43H80NO10P. The van der Waals surface area contributed by atoms with Crippen LogP contribution in [0.3, 0.4) is 0 Å². The number of hydrogen-bond acceptors (Lipinski definition) is 9. The maximum atomic E-state index is 12.6. The molecule has 0 aliphatic carbocycles. The predicted molar refractivity (Wildman–Crippen MR) is 222 cm³/mol. The van der Waals surface area contributed by atoms with E-state index < -0.39 is 51.1 Å². The number of phosphoric ester groups is 1. The number of aliphatic carboxylic acids is 1. The fourth-order valence-corrected chi connectivity index (χ4v) is 6.71. The molecule has 0 aromatic carbocycles. The van der Waals surface area contributed by atoms with E-state index >= 15 is 0 Å². The summed E-state index contributed by atoms with van der Waals surface area (Å²) in [5.74, 6) is -2.39. The fourth-order valence-electron chi connectivity index (χ4n) is 5.94. The maximum Gasteiger partial charge on any atom is 0.472 e. The molecule has 3 atom stereocenters. The maximum absolute atomic E-state index is 12.6. The standard InChI is InChI=1S/C43H80NO10P/c1-3-5-7-9-11-13-15-17-19-20-21-23-25-27-29-31-33-35-42(46)54-39(37-52-55(49,50)53-38-40(44)43(47)48)36-51-41(45)34-32-30-28-26-24-22-18-16-14-12-10-8-6-4-2/h16-19,39-40H,3-15,20-38,44H2,1-2H3,(H,47,48)(H,49,50)/b18-16-,19-17-. The summed E-state index contributed by atoms with van der Waals surface area (Å²) >= 11 is 0. The second-order valence-corrected chi connectivity index (χ2v) is 16.3. The number of carbonyl (C=O) groups excluding carboxylic acids is 2. The van der Waals surface area contributed by atoms with Crippen molar-refractivity contribution in [2.24, 2.45) is 5.73 Å². The highest BCUT2D eigenvalue weighted by Gasteiger charge is 2.28. The third kappa shape index (κ3) is 38.6. The smallest absolute Gasteiger partial charge is 0.472 e. The topological polar surface area (TPSA) is 172 Å². The molecule has 0 aromatic heterocycles. The molecule has 0 saturated heterocycles. The lowest BCUT2D eigenvalue weighted by Crippen LogP contribution is -2.34. The van der Waals surface area contributed by atoms with E-state index in [-0.39, 0.29) is 19.4 Å². The van der Waals surface area contributed by atoms with Crippen molar-refractivity contribution in [3.05, 3.63) is 24.3 Å². The van der Waals surface area contributed by atoms with Gasteiger partial charge in [-0.05, 0) is 64.2 Å². The average Bonchev–Trinajstić information content (AvgIpc) is 3.16. The van der Waals surface area contributed by atoms with Crippen molar-refractivity contribution in [1.82, 2.24) is 0 Å². The van der Waals surface area contributed by atoms with Gasteiger partial charge in [0.1, 0.15) is 12.6 Å². The Bertz CT molecular complexity index is 1040. The molecule has 0 spiro atoms. The summed E-state index contributed by atoms with van der Waals surface area (Å²) in [4.78, 5) is 45.9. The number of nitrogens with two attached hydrogens (primary N) is 1. The van der Waals surface area contributed by atoms with Crippen molar-refractivity contribution in [3.63, 3.8) is 0 Å². The van der Waals surface area contributed by atoms with Crippen LogP contribution in [0.2, 0.25) is 0 Å². The molecule has 0 saturated carbocycles. The van der Waals surface area contributed by atoms with Crippen LogP contribution in [0.1, 0.15) is 200 Å².